The predicted octanol–water partition coefficient (Wildman–Crippen LogP) is 2.22. The molecule has 0 saturated heterocycles. The molecule has 6 heteroatoms. The number of carbonyl (C=O) groups excluding carboxylic acids is 2. The Bertz CT molecular complexity index is 747. The number of amides is 2. The highest BCUT2D eigenvalue weighted by molar-refractivity contribution is 6.05. The molecule has 3 rings (SSSR count). The molecule has 0 atom stereocenters. The van der Waals surface area contributed by atoms with Crippen LogP contribution in [0.2, 0.25) is 0 Å². The summed E-state index contributed by atoms with van der Waals surface area (Å²) < 4.78 is 5.04. The van der Waals surface area contributed by atoms with E-state index in [1.165, 1.54) is 12.3 Å². The number of nitrogens with one attached hydrogen (secondary N) is 2. The number of aliphatic hydroxyl groups excluding tert-OH is 1. The summed E-state index contributed by atoms with van der Waals surface area (Å²) in [4.78, 5) is 24.3. The van der Waals surface area contributed by atoms with Crippen molar-refractivity contribution in [1.29, 1.82) is 0 Å². The van der Waals surface area contributed by atoms with Crippen LogP contribution in [0.3, 0.4) is 0 Å². The maximum absolute atomic E-state index is 12.2. The van der Waals surface area contributed by atoms with Crippen LogP contribution in [0.25, 0.3) is 0 Å². The Hall–Kier alpha value is -2.60. The van der Waals surface area contributed by atoms with Gasteiger partial charge in [-0.2, -0.15) is 0 Å². The summed E-state index contributed by atoms with van der Waals surface area (Å²) in [6, 6.07) is 6.97. The zero-order valence-electron chi connectivity index (χ0n) is 12.8. The molecular formula is C17H18N2O4. The van der Waals surface area contributed by atoms with Gasteiger partial charge in [0.1, 0.15) is 18.6 Å². The molecule has 6 nitrogen and oxygen atoms in total. The van der Waals surface area contributed by atoms with Crippen LogP contribution in [-0.4, -0.2) is 23.0 Å². The van der Waals surface area contributed by atoms with Crippen LogP contribution in [-0.2, 0) is 6.61 Å². The van der Waals surface area contributed by atoms with Gasteiger partial charge in [0.2, 0.25) is 0 Å². The fraction of sp³-hybridized carbons (Fsp3) is 0.294. The molecule has 0 spiro atoms. The molecule has 120 valence electrons. The van der Waals surface area contributed by atoms with E-state index in [1.54, 1.807) is 18.2 Å². The van der Waals surface area contributed by atoms with Gasteiger partial charge in [0.25, 0.3) is 11.8 Å². The van der Waals surface area contributed by atoms with Gasteiger partial charge < -0.3 is 20.2 Å². The number of benzene rings is 1. The minimum atomic E-state index is -0.351. The molecule has 0 aliphatic heterocycles. The van der Waals surface area contributed by atoms with Gasteiger partial charge in [0.15, 0.2) is 0 Å². The summed E-state index contributed by atoms with van der Waals surface area (Å²) >= 11 is 0. The van der Waals surface area contributed by atoms with E-state index in [4.69, 9.17) is 9.52 Å². The first-order valence-corrected chi connectivity index (χ1v) is 7.48. The average Bonchev–Trinajstić information content (AvgIpc) is 3.22. The van der Waals surface area contributed by atoms with Gasteiger partial charge in [0.05, 0.1) is 5.56 Å². The minimum absolute atomic E-state index is 0.131. The van der Waals surface area contributed by atoms with Crippen molar-refractivity contribution in [3.63, 3.8) is 0 Å². The molecule has 1 heterocycles. The standard InChI is InChI=1S/C17H18N2O4/c1-10-2-3-11(16(21)18-13-4-5-13)7-15(10)19-17(22)12-6-14(8-20)23-9-12/h2-3,6-7,9,13,20H,4-5,8H2,1H3,(H,18,21)(H,19,22). The highest BCUT2D eigenvalue weighted by Crippen LogP contribution is 2.22. The normalized spacial score (nSPS) is 13.7. The average molecular weight is 314 g/mol. The first-order chi connectivity index (χ1) is 11.1. The molecule has 3 N–H and O–H groups in total. The third-order valence-electron chi connectivity index (χ3n) is 3.73. The Kier molecular flexibility index (Phi) is 4.16. The van der Waals surface area contributed by atoms with Gasteiger partial charge in [-0.15, -0.1) is 0 Å². The van der Waals surface area contributed by atoms with Crippen LogP contribution in [0.5, 0.6) is 0 Å². The van der Waals surface area contributed by atoms with E-state index in [0.717, 1.165) is 18.4 Å². The number of rotatable bonds is 5. The highest BCUT2D eigenvalue weighted by Gasteiger charge is 2.24. The number of furan rings is 1. The van der Waals surface area contributed by atoms with E-state index in [2.05, 4.69) is 10.6 Å². The zero-order valence-corrected chi connectivity index (χ0v) is 12.8. The van der Waals surface area contributed by atoms with E-state index in [-0.39, 0.29) is 24.5 Å². The summed E-state index contributed by atoms with van der Waals surface area (Å²) in [5.74, 6) is -0.158. The number of aryl methyl sites for hydroxylation is 1. The highest BCUT2D eigenvalue weighted by atomic mass is 16.4. The Labute approximate surface area is 133 Å². The number of hydrogen-bond donors (Lipinski definition) is 3. The first kappa shape index (κ1) is 15.3. The molecule has 2 aromatic rings. The number of carbonyl (C=O) groups is 2. The SMILES string of the molecule is Cc1ccc(C(=O)NC2CC2)cc1NC(=O)c1coc(CO)c1. The second-order valence-corrected chi connectivity index (χ2v) is 5.69. The molecule has 0 unspecified atom stereocenters. The first-order valence-electron chi connectivity index (χ1n) is 7.48. The fourth-order valence-corrected chi connectivity index (χ4v) is 2.17. The summed E-state index contributed by atoms with van der Waals surface area (Å²) in [6.45, 7) is 1.59. The minimum Gasteiger partial charge on any atom is -0.466 e. The molecule has 23 heavy (non-hydrogen) atoms. The summed E-state index contributed by atoms with van der Waals surface area (Å²) in [6.07, 6.45) is 3.34. The lowest BCUT2D eigenvalue weighted by molar-refractivity contribution is 0.0949. The van der Waals surface area contributed by atoms with Gasteiger partial charge in [-0.1, -0.05) is 6.07 Å². The Morgan fingerprint density at radius 2 is 2.00 bits per heavy atom. The molecule has 1 aromatic carbocycles. The quantitative estimate of drug-likeness (QED) is 0.789. The van der Waals surface area contributed by atoms with Crippen molar-refractivity contribution in [2.24, 2.45) is 0 Å². The summed E-state index contributed by atoms with van der Waals surface area (Å²) in [5.41, 5.74) is 2.26. The number of aliphatic hydroxyl groups is 1. The second-order valence-electron chi connectivity index (χ2n) is 5.69. The van der Waals surface area contributed by atoms with E-state index in [9.17, 15) is 9.59 Å². The fourth-order valence-electron chi connectivity index (χ4n) is 2.17. The van der Waals surface area contributed by atoms with Crippen molar-refractivity contribution < 1.29 is 19.1 Å². The predicted molar refractivity (Wildman–Crippen MR) is 84.3 cm³/mol. The van der Waals surface area contributed by atoms with Crippen molar-refractivity contribution in [1.82, 2.24) is 5.32 Å². The van der Waals surface area contributed by atoms with E-state index >= 15 is 0 Å². The molecule has 1 saturated carbocycles. The molecule has 1 fully saturated rings. The molecule has 1 aliphatic carbocycles. The van der Waals surface area contributed by atoms with Gasteiger partial charge in [-0.25, -0.2) is 0 Å². The topological polar surface area (TPSA) is 91.6 Å². The lowest BCUT2D eigenvalue weighted by Crippen LogP contribution is -2.25. The van der Waals surface area contributed by atoms with Crippen LogP contribution in [0, 0.1) is 6.92 Å². The number of hydrogen-bond acceptors (Lipinski definition) is 4. The lowest BCUT2D eigenvalue weighted by Gasteiger charge is -2.10. The van der Waals surface area contributed by atoms with Crippen LogP contribution in [0.1, 0.15) is 44.9 Å². The molecule has 0 radical (unpaired) electrons. The van der Waals surface area contributed by atoms with Crippen LogP contribution in [0.15, 0.2) is 34.9 Å². The Balaban J connectivity index is 1.75. The second kappa shape index (κ2) is 6.26. The largest absolute Gasteiger partial charge is 0.466 e. The third-order valence-corrected chi connectivity index (χ3v) is 3.73. The molecule has 1 aliphatic rings. The van der Waals surface area contributed by atoms with E-state index in [0.29, 0.717) is 22.6 Å². The Morgan fingerprint density at radius 1 is 1.22 bits per heavy atom. The molecule has 0 bridgehead atoms. The monoisotopic (exact) mass is 314 g/mol. The maximum Gasteiger partial charge on any atom is 0.258 e. The van der Waals surface area contributed by atoms with Crippen molar-refractivity contribution in [3.05, 3.63) is 53.0 Å². The van der Waals surface area contributed by atoms with Crippen LogP contribution < -0.4 is 10.6 Å². The third kappa shape index (κ3) is 3.60. The zero-order chi connectivity index (χ0) is 16.4. The van der Waals surface area contributed by atoms with Gasteiger partial charge in [-0.05, 0) is 43.5 Å². The van der Waals surface area contributed by atoms with E-state index < -0.39 is 0 Å². The van der Waals surface area contributed by atoms with Crippen LogP contribution >= 0.6 is 0 Å². The van der Waals surface area contributed by atoms with Crippen molar-refractivity contribution >= 4 is 17.5 Å². The molecular weight excluding hydrogens is 296 g/mol. The van der Waals surface area contributed by atoms with Gasteiger partial charge in [0, 0.05) is 17.3 Å². The van der Waals surface area contributed by atoms with Crippen LogP contribution in [0.4, 0.5) is 5.69 Å². The summed E-state index contributed by atoms with van der Waals surface area (Å²) in [7, 11) is 0. The van der Waals surface area contributed by atoms with Crippen molar-refractivity contribution in [2.45, 2.75) is 32.4 Å². The molecule has 1 aromatic heterocycles. The van der Waals surface area contributed by atoms with E-state index in [1.807, 2.05) is 6.92 Å². The lowest BCUT2D eigenvalue weighted by atomic mass is 10.1. The van der Waals surface area contributed by atoms with Gasteiger partial charge >= 0.3 is 0 Å². The van der Waals surface area contributed by atoms with Crippen molar-refractivity contribution in [3.8, 4) is 0 Å². The maximum atomic E-state index is 12.2. The molecule has 2 amide bonds. The number of anilines is 1. The summed E-state index contributed by atoms with van der Waals surface area (Å²) in [5, 5.41) is 14.7. The Morgan fingerprint density at radius 3 is 2.65 bits per heavy atom. The van der Waals surface area contributed by atoms with Gasteiger partial charge in [-0.3, -0.25) is 9.59 Å². The van der Waals surface area contributed by atoms with Crippen molar-refractivity contribution in [2.75, 3.05) is 5.32 Å². The smallest absolute Gasteiger partial charge is 0.258 e.